The second-order valence-electron chi connectivity index (χ2n) is 7.11. The van der Waals surface area contributed by atoms with Gasteiger partial charge in [-0.2, -0.15) is 5.10 Å². The van der Waals surface area contributed by atoms with Gasteiger partial charge in [-0.15, -0.1) is 0 Å². The smallest absolute Gasteiger partial charge is 0.225 e. The van der Waals surface area contributed by atoms with Gasteiger partial charge < -0.3 is 4.90 Å². The van der Waals surface area contributed by atoms with Gasteiger partial charge in [-0.25, -0.2) is 0 Å². The third kappa shape index (κ3) is 3.44. The first-order valence-corrected chi connectivity index (χ1v) is 9.15. The monoisotopic (exact) mass is 339 g/mol. The van der Waals surface area contributed by atoms with Gasteiger partial charge in [-0.3, -0.25) is 19.4 Å². The van der Waals surface area contributed by atoms with E-state index in [2.05, 4.69) is 25.9 Å². The van der Waals surface area contributed by atoms with Crippen LogP contribution in [0.1, 0.15) is 25.0 Å². The zero-order chi connectivity index (χ0) is 17.2. The quantitative estimate of drug-likeness (QED) is 0.854. The minimum atomic E-state index is 0.312. The molecule has 1 aliphatic heterocycles. The number of amides is 1. The predicted molar refractivity (Wildman–Crippen MR) is 95.6 cm³/mol. The number of hydrogen-bond acceptors (Lipinski definition) is 4. The van der Waals surface area contributed by atoms with E-state index in [1.807, 2.05) is 23.9 Å². The molecule has 0 radical (unpaired) electrons. The van der Waals surface area contributed by atoms with Crippen LogP contribution in [0.15, 0.2) is 30.6 Å². The Morgan fingerprint density at radius 3 is 2.52 bits per heavy atom. The van der Waals surface area contributed by atoms with E-state index in [4.69, 9.17) is 0 Å². The largest absolute Gasteiger partial charge is 0.340 e. The summed E-state index contributed by atoms with van der Waals surface area (Å²) in [4.78, 5) is 20.9. The number of pyridine rings is 1. The lowest BCUT2D eigenvalue weighted by molar-refractivity contribution is -0.140. The van der Waals surface area contributed by atoms with Crippen molar-refractivity contribution in [3.05, 3.63) is 36.3 Å². The first-order valence-electron chi connectivity index (χ1n) is 9.15. The normalized spacial score (nSPS) is 19.0. The number of aromatic nitrogens is 3. The summed E-state index contributed by atoms with van der Waals surface area (Å²) in [5, 5.41) is 4.63. The molecule has 25 heavy (non-hydrogen) atoms. The maximum Gasteiger partial charge on any atom is 0.225 e. The van der Waals surface area contributed by atoms with Crippen molar-refractivity contribution < 1.29 is 4.79 Å². The van der Waals surface area contributed by atoms with Gasteiger partial charge in [0, 0.05) is 63.6 Å². The molecule has 2 fully saturated rings. The van der Waals surface area contributed by atoms with Crippen molar-refractivity contribution in [2.45, 2.75) is 25.8 Å². The lowest BCUT2D eigenvalue weighted by atomic mass is 9.84. The Kier molecular flexibility index (Phi) is 4.53. The second kappa shape index (κ2) is 6.96. The van der Waals surface area contributed by atoms with Crippen molar-refractivity contribution in [2.24, 2.45) is 13.0 Å². The van der Waals surface area contributed by atoms with Crippen molar-refractivity contribution in [1.82, 2.24) is 24.6 Å². The summed E-state index contributed by atoms with van der Waals surface area (Å²) in [5.74, 6) is 0.693. The van der Waals surface area contributed by atoms with E-state index >= 15 is 0 Å². The fraction of sp³-hybridized carbons (Fsp3) is 0.526. The van der Waals surface area contributed by atoms with Gasteiger partial charge in [0.2, 0.25) is 5.91 Å². The van der Waals surface area contributed by atoms with Crippen LogP contribution in [0.5, 0.6) is 0 Å². The Morgan fingerprint density at radius 2 is 1.88 bits per heavy atom. The lowest BCUT2D eigenvalue weighted by Crippen LogP contribution is -2.50. The Hall–Kier alpha value is -2.21. The highest BCUT2D eigenvalue weighted by molar-refractivity contribution is 5.79. The highest BCUT2D eigenvalue weighted by Gasteiger charge is 2.31. The summed E-state index contributed by atoms with van der Waals surface area (Å²) in [5.41, 5.74) is 3.28. The molecule has 1 amide bonds. The highest BCUT2D eigenvalue weighted by atomic mass is 16.2. The summed E-state index contributed by atoms with van der Waals surface area (Å²) >= 11 is 0. The van der Waals surface area contributed by atoms with E-state index in [0.717, 1.165) is 56.8 Å². The molecule has 0 unspecified atom stereocenters. The molecule has 3 heterocycles. The van der Waals surface area contributed by atoms with Crippen LogP contribution in [0.3, 0.4) is 0 Å². The van der Waals surface area contributed by atoms with Crippen molar-refractivity contribution in [1.29, 1.82) is 0 Å². The zero-order valence-electron chi connectivity index (χ0n) is 14.8. The maximum absolute atomic E-state index is 12.3. The van der Waals surface area contributed by atoms with E-state index in [9.17, 15) is 4.79 Å². The molecule has 1 saturated heterocycles. The van der Waals surface area contributed by atoms with Crippen LogP contribution >= 0.6 is 0 Å². The Bertz CT molecular complexity index is 730. The molecule has 0 spiro atoms. The Balaban J connectivity index is 1.36. The molecule has 4 rings (SSSR count). The van der Waals surface area contributed by atoms with Crippen LogP contribution in [0.4, 0.5) is 0 Å². The molecule has 132 valence electrons. The highest BCUT2D eigenvalue weighted by Crippen LogP contribution is 2.28. The summed E-state index contributed by atoms with van der Waals surface area (Å²) in [6.07, 6.45) is 6.98. The zero-order valence-corrected chi connectivity index (χ0v) is 14.8. The van der Waals surface area contributed by atoms with Gasteiger partial charge in [-0.1, -0.05) is 6.42 Å². The maximum atomic E-state index is 12.3. The van der Waals surface area contributed by atoms with Crippen LogP contribution in [0.25, 0.3) is 11.3 Å². The average molecular weight is 339 g/mol. The van der Waals surface area contributed by atoms with Gasteiger partial charge in [0.1, 0.15) is 0 Å². The first-order chi connectivity index (χ1) is 12.2. The van der Waals surface area contributed by atoms with Crippen LogP contribution in [0, 0.1) is 5.92 Å². The molecule has 6 nitrogen and oxygen atoms in total. The fourth-order valence-corrected chi connectivity index (χ4v) is 3.59. The van der Waals surface area contributed by atoms with Crippen LogP contribution in [-0.4, -0.2) is 56.7 Å². The molecule has 2 aromatic heterocycles. The minimum absolute atomic E-state index is 0.312. The minimum Gasteiger partial charge on any atom is -0.340 e. The van der Waals surface area contributed by atoms with Crippen molar-refractivity contribution in [3.8, 4) is 11.3 Å². The summed E-state index contributed by atoms with van der Waals surface area (Å²) in [6, 6.07) is 6.12. The summed E-state index contributed by atoms with van der Waals surface area (Å²) in [6.45, 7) is 4.46. The third-order valence-corrected chi connectivity index (χ3v) is 5.48. The van der Waals surface area contributed by atoms with Crippen molar-refractivity contribution >= 4 is 5.91 Å². The van der Waals surface area contributed by atoms with Gasteiger partial charge in [0.15, 0.2) is 0 Å². The molecular formula is C19H25N5O. The number of piperazine rings is 1. The molecule has 0 bridgehead atoms. The molecule has 0 aromatic carbocycles. The third-order valence-electron chi connectivity index (χ3n) is 5.48. The number of rotatable bonds is 4. The van der Waals surface area contributed by atoms with Gasteiger partial charge in [0.25, 0.3) is 0 Å². The predicted octanol–water partition coefficient (Wildman–Crippen LogP) is 1.93. The number of carbonyl (C=O) groups is 1. The summed E-state index contributed by atoms with van der Waals surface area (Å²) < 4.78 is 1.96. The SMILES string of the molecule is Cn1nc(-c2ccncc2)cc1CN1CCN(C(=O)C2CCC2)CC1. The topological polar surface area (TPSA) is 54.3 Å². The number of nitrogens with zero attached hydrogens (tertiary/aromatic N) is 5. The van der Waals surface area contributed by atoms with Gasteiger partial charge in [-0.05, 0) is 31.0 Å². The molecule has 1 aliphatic carbocycles. The lowest BCUT2D eigenvalue weighted by Gasteiger charge is -2.38. The van der Waals surface area contributed by atoms with Crippen molar-refractivity contribution in [3.63, 3.8) is 0 Å². The number of carbonyl (C=O) groups excluding carboxylic acids is 1. The molecule has 0 atom stereocenters. The van der Waals surface area contributed by atoms with E-state index in [-0.39, 0.29) is 0 Å². The van der Waals surface area contributed by atoms with Crippen LogP contribution in [-0.2, 0) is 18.4 Å². The van der Waals surface area contributed by atoms with E-state index in [0.29, 0.717) is 11.8 Å². The van der Waals surface area contributed by atoms with Crippen molar-refractivity contribution in [2.75, 3.05) is 26.2 Å². The average Bonchev–Trinajstić information content (AvgIpc) is 2.95. The molecule has 0 N–H and O–H groups in total. The molecule has 2 aliphatic rings. The van der Waals surface area contributed by atoms with Gasteiger partial charge >= 0.3 is 0 Å². The standard InChI is InChI=1S/C19H25N5O/c1-22-17(13-18(21-22)15-5-7-20-8-6-15)14-23-9-11-24(12-10-23)19(25)16-3-2-4-16/h5-8,13,16H,2-4,9-12,14H2,1H3. The Morgan fingerprint density at radius 1 is 1.16 bits per heavy atom. The van der Waals surface area contributed by atoms with Crippen LogP contribution < -0.4 is 0 Å². The van der Waals surface area contributed by atoms with Gasteiger partial charge in [0.05, 0.1) is 11.4 Å². The van der Waals surface area contributed by atoms with E-state index in [1.54, 1.807) is 12.4 Å². The van der Waals surface area contributed by atoms with Crippen LogP contribution in [0.2, 0.25) is 0 Å². The molecule has 6 heteroatoms. The van der Waals surface area contributed by atoms with E-state index < -0.39 is 0 Å². The molecular weight excluding hydrogens is 314 g/mol. The Labute approximate surface area is 148 Å². The second-order valence-corrected chi connectivity index (χ2v) is 7.11. The molecule has 1 saturated carbocycles. The molecule has 2 aromatic rings. The first kappa shape index (κ1) is 16.3. The van der Waals surface area contributed by atoms with E-state index in [1.165, 1.54) is 12.1 Å². The number of aryl methyl sites for hydroxylation is 1. The summed E-state index contributed by atoms with van der Waals surface area (Å²) in [7, 11) is 2.00. The fourth-order valence-electron chi connectivity index (χ4n) is 3.59. The number of hydrogen-bond donors (Lipinski definition) is 0.